The summed E-state index contributed by atoms with van der Waals surface area (Å²) in [7, 11) is 0. The predicted molar refractivity (Wildman–Crippen MR) is 98.9 cm³/mol. The van der Waals surface area contributed by atoms with Crippen LogP contribution in [0.4, 0.5) is 0 Å². The number of benzene rings is 2. The maximum Gasteiger partial charge on any atom is 0.206 e. The highest BCUT2D eigenvalue weighted by molar-refractivity contribution is 8.30. The molecule has 2 aromatic carbocycles. The molecule has 0 aliphatic carbocycles. The van der Waals surface area contributed by atoms with Gasteiger partial charge in [-0.1, -0.05) is 72.5 Å². The quantitative estimate of drug-likeness (QED) is 0.668. The van der Waals surface area contributed by atoms with Gasteiger partial charge >= 0.3 is 0 Å². The van der Waals surface area contributed by atoms with Crippen molar-refractivity contribution in [1.82, 2.24) is 0 Å². The van der Waals surface area contributed by atoms with E-state index in [0.29, 0.717) is 11.3 Å². The summed E-state index contributed by atoms with van der Waals surface area (Å²) in [5, 5.41) is 1.82. The van der Waals surface area contributed by atoms with Crippen LogP contribution in [0.15, 0.2) is 71.3 Å². The minimum Gasteiger partial charge on any atom is -0.469 e. The SMILES string of the molecule is Cc1coc(C)c1C(=O)P(=S)(c1ccccc1)c1ccccc1. The van der Waals surface area contributed by atoms with Crippen LogP contribution in [0.2, 0.25) is 0 Å². The monoisotopic (exact) mass is 340 g/mol. The van der Waals surface area contributed by atoms with Gasteiger partial charge in [0, 0.05) is 0 Å². The van der Waals surface area contributed by atoms with E-state index in [1.807, 2.05) is 74.5 Å². The maximum atomic E-state index is 13.5. The molecule has 3 aromatic rings. The molecular weight excluding hydrogens is 323 g/mol. The van der Waals surface area contributed by atoms with Gasteiger partial charge in [0.1, 0.15) is 5.76 Å². The minimum atomic E-state index is -2.62. The van der Waals surface area contributed by atoms with E-state index in [9.17, 15) is 4.79 Å². The highest BCUT2D eigenvalue weighted by atomic mass is 32.4. The van der Waals surface area contributed by atoms with Crippen molar-refractivity contribution in [3.63, 3.8) is 0 Å². The highest BCUT2D eigenvalue weighted by Gasteiger charge is 2.34. The Morgan fingerprint density at radius 1 is 0.913 bits per heavy atom. The molecule has 0 amide bonds. The van der Waals surface area contributed by atoms with Gasteiger partial charge in [-0.3, -0.25) is 4.79 Å². The largest absolute Gasteiger partial charge is 0.469 e. The third kappa shape index (κ3) is 2.71. The highest BCUT2D eigenvalue weighted by Crippen LogP contribution is 2.48. The standard InChI is InChI=1S/C19H17O2PS/c1-14-13-21-15(2)18(14)19(20)22(23,16-9-5-3-6-10-16)17-11-7-4-8-12-17/h3-13H,1-2H3. The second kappa shape index (κ2) is 6.27. The van der Waals surface area contributed by atoms with Crippen LogP contribution >= 0.6 is 6.04 Å². The molecule has 2 nitrogen and oxygen atoms in total. The zero-order chi connectivity index (χ0) is 16.4. The number of carbonyl (C=O) groups is 1. The Hall–Kier alpha value is -1.96. The first kappa shape index (κ1) is 15.9. The number of carbonyl (C=O) groups excluding carboxylic acids is 1. The van der Waals surface area contributed by atoms with Crippen LogP contribution in [-0.4, -0.2) is 5.52 Å². The molecule has 0 aliphatic rings. The normalized spacial score (nSPS) is 11.4. The van der Waals surface area contributed by atoms with Gasteiger partial charge in [-0.05, 0) is 30.0 Å². The molecule has 1 aromatic heterocycles. The molecule has 3 rings (SSSR count). The van der Waals surface area contributed by atoms with E-state index >= 15 is 0 Å². The summed E-state index contributed by atoms with van der Waals surface area (Å²) in [5.74, 6) is 0.633. The van der Waals surface area contributed by atoms with Crippen molar-refractivity contribution in [3.8, 4) is 0 Å². The van der Waals surface area contributed by atoms with E-state index in [-0.39, 0.29) is 5.52 Å². The number of hydrogen-bond donors (Lipinski definition) is 0. The predicted octanol–water partition coefficient (Wildman–Crippen LogP) is 4.17. The van der Waals surface area contributed by atoms with Gasteiger partial charge in [0.2, 0.25) is 5.52 Å². The van der Waals surface area contributed by atoms with Gasteiger partial charge in [-0.15, -0.1) is 0 Å². The first-order valence-electron chi connectivity index (χ1n) is 7.36. The molecule has 0 N–H and O–H groups in total. The number of hydrogen-bond acceptors (Lipinski definition) is 3. The van der Waals surface area contributed by atoms with Crippen molar-refractivity contribution >= 4 is 34.0 Å². The Balaban J connectivity index is 2.26. The van der Waals surface area contributed by atoms with Crippen LogP contribution < -0.4 is 10.6 Å². The molecule has 0 unspecified atom stereocenters. The third-order valence-corrected chi connectivity index (χ3v) is 8.51. The molecule has 0 aliphatic heterocycles. The topological polar surface area (TPSA) is 30.2 Å². The summed E-state index contributed by atoms with van der Waals surface area (Å²) in [6, 6.07) is 16.8. The summed E-state index contributed by atoms with van der Waals surface area (Å²) < 4.78 is 5.43. The zero-order valence-electron chi connectivity index (χ0n) is 13.0. The van der Waals surface area contributed by atoms with Crippen molar-refractivity contribution in [2.45, 2.75) is 13.8 Å². The van der Waals surface area contributed by atoms with Crippen molar-refractivity contribution in [2.75, 3.05) is 0 Å². The van der Waals surface area contributed by atoms with Crippen LogP contribution in [0.3, 0.4) is 0 Å². The van der Waals surface area contributed by atoms with Gasteiger partial charge in [-0.2, -0.15) is 0 Å². The van der Waals surface area contributed by atoms with Crippen LogP contribution in [0, 0.1) is 13.8 Å². The van der Waals surface area contributed by atoms with Crippen LogP contribution in [0.25, 0.3) is 0 Å². The van der Waals surface area contributed by atoms with Crippen molar-refractivity contribution in [1.29, 1.82) is 0 Å². The van der Waals surface area contributed by atoms with Gasteiger partial charge in [0.15, 0.2) is 0 Å². The fourth-order valence-electron chi connectivity index (χ4n) is 2.71. The summed E-state index contributed by atoms with van der Waals surface area (Å²) in [6.45, 7) is 3.70. The van der Waals surface area contributed by atoms with E-state index in [1.165, 1.54) is 0 Å². The lowest BCUT2D eigenvalue weighted by Gasteiger charge is -2.22. The van der Waals surface area contributed by atoms with Crippen molar-refractivity contribution in [3.05, 3.63) is 83.8 Å². The fraction of sp³-hybridized carbons (Fsp3) is 0.105. The summed E-state index contributed by atoms with van der Waals surface area (Å²) in [6.07, 6.45) is 1.62. The molecule has 4 heteroatoms. The molecule has 23 heavy (non-hydrogen) atoms. The van der Waals surface area contributed by atoms with Crippen LogP contribution in [0.5, 0.6) is 0 Å². The lowest BCUT2D eigenvalue weighted by atomic mass is 10.2. The smallest absolute Gasteiger partial charge is 0.206 e. The van der Waals surface area contributed by atoms with Gasteiger partial charge in [0.05, 0.1) is 17.9 Å². The van der Waals surface area contributed by atoms with Crippen LogP contribution in [0.1, 0.15) is 21.7 Å². The van der Waals surface area contributed by atoms with Gasteiger partial charge in [0.25, 0.3) is 0 Å². The zero-order valence-corrected chi connectivity index (χ0v) is 14.7. The molecule has 0 fully saturated rings. The van der Waals surface area contributed by atoms with Crippen molar-refractivity contribution < 1.29 is 9.21 Å². The Labute approximate surface area is 141 Å². The summed E-state index contributed by atoms with van der Waals surface area (Å²) >= 11 is 6.04. The minimum absolute atomic E-state index is 0.00588. The lowest BCUT2D eigenvalue weighted by molar-refractivity contribution is 0.108. The van der Waals surface area contributed by atoms with E-state index < -0.39 is 6.04 Å². The molecule has 116 valence electrons. The second-order valence-electron chi connectivity index (χ2n) is 5.44. The van der Waals surface area contributed by atoms with E-state index in [0.717, 1.165) is 16.2 Å². The molecule has 0 saturated heterocycles. The Bertz CT molecular complexity index is 819. The molecule has 0 atom stereocenters. The number of rotatable bonds is 4. The van der Waals surface area contributed by atoms with Gasteiger partial charge in [-0.25, -0.2) is 0 Å². The molecule has 0 saturated carbocycles. The first-order chi connectivity index (χ1) is 11.0. The Morgan fingerprint density at radius 2 is 1.39 bits per heavy atom. The second-order valence-corrected chi connectivity index (χ2v) is 9.74. The third-order valence-electron chi connectivity index (χ3n) is 3.90. The molecule has 0 radical (unpaired) electrons. The van der Waals surface area contributed by atoms with E-state index in [4.69, 9.17) is 16.2 Å². The Morgan fingerprint density at radius 3 is 1.78 bits per heavy atom. The molecule has 0 spiro atoms. The average molecular weight is 340 g/mol. The molecule has 1 heterocycles. The first-order valence-corrected chi connectivity index (χ1v) is 10.2. The summed E-state index contributed by atoms with van der Waals surface area (Å²) in [4.78, 5) is 13.5. The lowest BCUT2D eigenvalue weighted by Crippen LogP contribution is -2.22. The molecular formula is C19H17O2PS. The molecule has 0 bridgehead atoms. The van der Waals surface area contributed by atoms with Crippen molar-refractivity contribution in [2.24, 2.45) is 0 Å². The van der Waals surface area contributed by atoms with E-state index in [2.05, 4.69) is 0 Å². The summed E-state index contributed by atoms with van der Waals surface area (Å²) in [5.41, 5.74) is 1.46. The van der Waals surface area contributed by atoms with Gasteiger partial charge < -0.3 is 4.42 Å². The van der Waals surface area contributed by atoms with E-state index in [1.54, 1.807) is 6.26 Å². The number of furan rings is 1. The fourth-order valence-corrected chi connectivity index (χ4v) is 6.31. The average Bonchev–Trinajstić information content (AvgIpc) is 2.93. The van der Waals surface area contributed by atoms with Crippen LogP contribution in [-0.2, 0) is 11.8 Å². The Kier molecular flexibility index (Phi) is 4.34. The number of aryl methyl sites for hydroxylation is 2. The maximum absolute atomic E-state index is 13.5.